The van der Waals surface area contributed by atoms with Crippen molar-refractivity contribution in [3.05, 3.63) is 65.5 Å². The van der Waals surface area contributed by atoms with Gasteiger partial charge in [-0.1, -0.05) is 30.4 Å². The third-order valence-electron chi connectivity index (χ3n) is 6.52. The van der Waals surface area contributed by atoms with E-state index in [9.17, 15) is 0 Å². The molecule has 1 saturated heterocycles. The van der Waals surface area contributed by atoms with Gasteiger partial charge in [-0.2, -0.15) is 5.10 Å². The van der Waals surface area contributed by atoms with E-state index in [0.29, 0.717) is 13.2 Å². The molecule has 1 aliphatic heterocycles. The summed E-state index contributed by atoms with van der Waals surface area (Å²) in [5.74, 6) is 0.968. The van der Waals surface area contributed by atoms with E-state index in [2.05, 4.69) is 65.4 Å². The highest BCUT2D eigenvalue weighted by Crippen LogP contribution is 2.38. The maximum Gasteiger partial charge on any atom is 0.130 e. The van der Waals surface area contributed by atoms with E-state index in [1.54, 1.807) is 6.20 Å². The number of nitrogens with zero attached hydrogens (tertiary/aromatic N) is 4. The Labute approximate surface area is 187 Å². The van der Waals surface area contributed by atoms with Crippen molar-refractivity contribution < 1.29 is 4.74 Å². The number of benzene rings is 1. The van der Waals surface area contributed by atoms with Gasteiger partial charge in [-0.3, -0.25) is 10.1 Å². The number of aromatic nitrogens is 4. The Balaban J connectivity index is 1.64. The van der Waals surface area contributed by atoms with Gasteiger partial charge in [0.1, 0.15) is 17.0 Å². The van der Waals surface area contributed by atoms with E-state index in [1.807, 2.05) is 12.3 Å². The molecule has 0 radical (unpaired) electrons. The minimum absolute atomic E-state index is 0.263. The van der Waals surface area contributed by atoms with Crippen LogP contribution in [0.25, 0.3) is 39.5 Å². The predicted octanol–water partition coefficient (Wildman–Crippen LogP) is 4.79. The Morgan fingerprint density at radius 1 is 1.19 bits per heavy atom. The molecule has 3 aromatic heterocycles. The first-order valence-electron chi connectivity index (χ1n) is 11.1. The van der Waals surface area contributed by atoms with Crippen molar-refractivity contribution in [2.24, 2.45) is 0 Å². The molecule has 0 amide bonds. The number of aryl methyl sites for hydroxylation is 1. The van der Waals surface area contributed by atoms with Crippen molar-refractivity contribution in [2.75, 3.05) is 24.7 Å². The summed E-state index contributed by atoms with van der Waals surface area (Å²) in [7, 11) is 0. The molecule has 0 saturated carbocycles. The van der Waals surface area contributed by atoms with Crippen molar-refractivity contribution in [1.29, 1.82) is 0 Å². The van der Waals surface area contributed by atoms with Crippen molar-refractivity contribution in [3.63, 3.8) is 0 Å². The highest BCUT2D eigenvalue weighted by Gasteiger charge is 2.24. The second-order valence-corrected chi connectivity index (χ2v) is 8.65. The lowest BCUT2D eigenvalue weighted by atomic mass is 9.95. The summed E-state index contributed by atoms with van der Waals surface area (Å²) in [4.78, 5) is 12.3. The van der Waals surface area contributed by atoms with Gasteiger partial charge in [0.05, 0.1) is 24.9 Å². The second-order valence-electron chi connectivity index (χ2n) is 8.65. The van der Waals surface area contributed by atoms with E-state index in [0.717, 1.165) is 46.6 Å². The normalized spacial score (nSPS) is 17.8. The maximum atomic E-state index is 5.69. The van der Waals surface area contributed by atoms with Gasteiger partial charge in [-0.05, 0) is 60.2 Å². The van der Waals surface area contributed by atoms with Crippen LogP contribution in [-0.2, 0) is 11.2 Å². The molecule has 6 rings (SSSR count). The van der Waals surface area contributed by atoms with Gasteiger partial charge in [-0.15, -0.1) is 0 Å². The number of rotatable bonds is 3. The fourth-order valence-corrected chi connectivity index (χ4v) is 4.84. The SMILES string of the molecule is Cc1cnc(-c2ccn[nH]2)c2nc(N3CCOC[C@H]3C)cc(-c3ccc4c(c3)CC=C4)c12. The average molecular weight is 424 g/mol. The largest absolute Gasteiger partial charge is 0.377 e. The zero-order valence-electron chi connectivity index (χ0n) is 18.3. The van der Waals surface area contributed by atoms with Gasteiger partial charge in [-0.25, -0.2) is 4.98 Å². The van der Waals surface area contributed by atoms with Crippen LogP contribution in [0, 0.1) is 6.92 Å². The number of hydrogen-bond donors (Lipinski definition) is 1. The number of allylic oxidation sites excluding steroid dienone is 1. The maximum absolute atomic E-state index is 5.69. The smallest absolute Gasteiger partial charge is 0.130 e. The molecule has 1 atom stereocenters. The van der Waals surface area contributed by atoms with E-state index in [4.69, 9.17) is 14.7 Å². The van der Waals surface area contributed by atoms with Crippen molar-refractivity contribution in [3.8, 4) is 22.5 Å². The number of anilines is 1. The molecule has 6 nitrogen and oxygen atoms in total. The van der Waals surface area contributed by atoms with Gasteiger partial charge >= 0.3 is 0 Å². The number of H-pyrrole nitrogens is 1. The van der Waals surface area contributed by atoms with Gasteiger partial charge in [0.15, 0.2) is 0 Å². The lowest BCUT2D eigenvalue weighted by molar-refractivity contribution is 0.0986. The summed E-state index contributed by atoms with van der Waals surface area (Å²) < 4.78 is 5.69. The number of ether oxygens (including phenoxy) is 1. The van der Waals surface area contributed by atoms with E-state index < -0.39 is 0 Å². The summed E-state index contributed by atoms with van der Waals surface area (Å²) in [6.45, 7) is 6.55. The Morgan fingerprint density at radius 3 is 2.97 bits per heavy atom. The topological polar surface area (TPSA) is 66.9 Å². The first-order valence-corrected chi connectivity index (χ1v) is 11.1. The van der Waals surface area contributed by atoms with Crippen LogP contribution in [0.1, 0.15) is 23.6 Å². The molecule has 0 bridgehead atoms. The molecular weight excluding hydrogens is 398 g/mol. The van der Waals surface area contributed by atoms with Crippen molar-refractivity contribution >= 4 is 22.8 Å². The van der Waals surface area contributed by atoms with Crippen molar-refractivity contribution in [2.45, 2.75) is 26.3 Å². The molecule has 0 spiro atoms. The number of aromatic amines is 1. The zero-order valence-corrected chi connectivity index (χ0v) is 18.3. The van der Waals surface area contributed by atoms with Crippen LogP contribution in [-0.4, -0.2) is 46.0 Å². The molecule has 0 unspecified atom stereocenters. The van der Waals surface area contributed by atoms with Gasteiger partial charge in [0.2, 0.25) is 0 Å². The molecule has 32 heavy (non-hydrogen) atoms. The quantitative estimate of drug-likeness (QED) is 0.513. The fraction of sp³-hybridized carbons (Fsp3) is 0.269. The number of fused-ring (bicyclic) bond motifs is 2. The molecule has 6 heteroatoms. The molecule has 1 aromatic carbocycles. The van der Waals surface area contributed by atoms with Gasteiger partial charge in [0.25, 0.3) is 0 Å². The zero-order chi connectivity index (χ0) is 21.7. The Kier molecular flexibility index (Phi) is 4.54. The molecule has 4 heterocycles. The molecule has 1 N–H and O–H groups in total. The summed E-state index contributed by atoms with van der Waals surface area (Å²) in [6.07, 6.45) is 9.11. The third-order valence-corrected chi connectivity index (χ3v) is 6.52. The first kappa shape index (κ1) is 19.2. The Hall–Kier alpha value is -3.51. The summed E-state index contributed by atoms with van der Waals surface area (Å²) in [5.41, 5.74) is 8.81. The van der Waals surface area contributed by atoms with Crippen LogP contribution in [0.4, 0.5) is 5.82 Å². The molecule has 160 valence electrons. The highest BCUT2D eigenvalue weighted by molar-refractivity contribution is 6.03. The Bertz CT molecular complexity index is 1340. The van der Waals surface area contributed by atoms with Crippen LogP contribution < -0.4 is 4.90 Å². The third kappa shape index (κ3) is 3.10. The summed E-state index contributed by atoms with van der Waals surface area (Å²) >= 11 is 0. The summed E-state index contributed by atoms with van der Waals surface area (Å²) in [5, 5.41) is 8.36. The van der Waals surface area contributed by atoms with E-state index >= 15 is 0 Å². The van der Waals surface area contributed by atoms with Crippen LogP contribution in [0.3, 0.4) is 0 Å². The average Bonchev–Trinajstić information content (AvgIpc) is 3.51. The van der Waals surface area contributed by atoms with Crippen LogP contribution >= 0.6 is 0 Å². The molecule has 4 aromatic rings. The van der Waals surface area contributed by atoms with E-state index in [1.165, 1.54) is 22.3 Å². The second kappa shape index (κ2) is 7.57. The lowest BCUT2D eigenvalue weighted by Gasteiger charge is -2.34. The van der Waals surface area contributed by atoms with E-state index in [-0.39, 0.29) is 6.04 Å². The summed E-state index contributed by atoms with van der Waals surface area (Å²) in [6, 6.07) is 11.2. The number of morpholine rings is 1. The lowest BCUT2D eigenvalue weighted by Crippen LogP contribution is -2.44. The molecule has 2 aliphatic rings. The highest BCUT2D eigenvalue weighted by atomic mass is 16.5. The van der Waals surface area contributed by atoms with Gasteiger partial charge in [0, 0.05) is 24.3 Å². The van der Waals surface area contributed by atoms with Crippen LogP contribution in [0.15, 0.2) is 48.8 Å². The molecular formula is C26H25N5O. The first-order chi connectivity index (χ1) is 15.7. The monoisotopic (exact) mass is 423 g/mol. The number of hydrogen-bond acceptors (Lipinski definition) is 5. The molecule has 1 aliphatic carbocycles. The van der Waals surface area contributed by atoms with Gasteiger partial charge < -0.3 is 9.64 Å². The molecule has 1 fully saturated rings. The number of pyridine rings is 2. The fourth-order valence-electron chi connectivity index (χ4n) is 4.84. The van der Waals surface area contributed by atoms with Crippen LogP contribution in [0.2, 0.25) is 0 Å². The predicted molar refractivity (Wildman–Crippen MR) is 128 cm³/mol. The standard InChI is InChI=1S/C26H25N5O/c1-16-14-27-25(22-8-9-28-30-22)26-24(16)21(20-7-6-18-4-3-5-19(18)12-20)13-23(29-26)31-10-11-32-15-17(31)2/h3-4,6-9,12-14,17H,5,10-11,15H2,1-2H3,(H,28,30)/t17-/m1/s1. The number of nitrogens with one attached hydrogen (secondary N) is 1. The van der Waals surface area contributed by atoms with Crippen LogP contribution in [0.5, 0.6) is 0 Å². The minimum Gasteiger partial charge on any atom is -0.377 e. The van der Waals surface area contributed by atoms with Crippen molar-refractivity contribution in [1.82, 2.24) is 20.2 Å². The minimum atomic E-state index is 0.263. The Morgan fingerprint density at radius 2 is 2.12 bits per heavy atom.